The Morgan fingerprint density at radius 1 is 1.44 bits per heavy atom. The van der Waals surface area contributed by atoms with Gasteiger partial charge in [0.15, 0.2) is 0 Å². The number of rotatable bonds is 4. The number of benzene rings is 1. The number of aromatic nitrogens is 1. The maximum atomic E-state index is 4.62. The molecule has 0 amide bonds. The molecule has 1 aliphatic carbocycles. The normalized spacial score (nSPS) is 15.8. The summed E-state index contributed by atoms with van der Waals surface area (Å²) >= 11 is 5.25. The standard InChI is InChI=1S/C12H13BrN2S/c13-9-3-4-11-10(5-9)15-12(16-11)7-14-6-8-1-2-8/h3-5,8,14H,1-2,6-7H2. The molecule has 1 aliphatic rings. The Labute approximate surface area is 107 Å². The molecule has 2 nitrogen and oxygen atoms in total. The Morgan fingerprint density at radius 3 is 3.12 bits per heavy atom. The average Bonchev–Trinajstić information content (AvgIpc) is 2.98. The van der Waals surface area contributed by atoms with Gasteiger partial charge in [0.05, 0.1) is 10.2 Å². The van der Waals surface area contributed by atoms with Crippen molar-refractivity contribution >= 4 is 37.5 Å². The molecule has 1 fully saturated rings. The first kappa shape index (κ1) is 10.7. The summed E-state index contributed by atoms with van der Waals surface area (Å²) in [5, 5.41) is 4.66. The van der Waals surface area contributed by atoms with Crippen LogP contribution < -0.4 is 5.32 Å². The van der Waals surface area contributed by atoms with Crippen molar-refractivity contribution in [2.75, 3.05) is 6.54 Å². The number of hydrogen-bond acceptors (Lipinski definition) is 3. The Balaban J connectivity index is 1.71. The molecule has 1 heterocycles. The van der Waals surface area contributed by atoms with Crippen molar-refractivity contribution in [3.05, 3.63) is 27.7 Å². The molecule has 1 N–H and O–H groups in total. The molecule has 2 aromatic rings. The van der Waals surface area contributed by atoms with Crippen LogP contribution in [0, 0.1) is 5.92 Å². The summed E-state index contributed by atoms with van der Waals surface area (Å²) in [6.45, 7) is 2.06. The van der Waals surface area contributed by atoms with Crippen LogP contribution in [0.4, 0.5) is 0 Å². The van der Waals surface area contributed by atoms with E-state index in [0.717, 1.165) is 29.0 Å². The summed E-state index contributed by atoms with van der Waals surface area (Å²) < 4.78 is 2.37. The van der Waals surface area contributed by atoms with Gasteiger partial charge in [0.1, 0.15) is 5.01 Å². The van der Waals surface area contributed by atoms with Gasteiger partial charge in [-0.3, -0.25) is 0 Å². The van der Waals surface area contributed by atoms with Crippen LogP contribution in [-0.2, 0) is 6.54 Å². The summed E-state index contributed by atoms with van der Waals surface area (Å²) in [5.41, 5.74) is 1.10. The Bertz CT molecular complexity index is 505. The Kier molecular flexibility index (Phi) is 2.96. The maximum absolute atomic E-state index is 4.62. The van der Waals surface area contributed by atoms with E-state index in [-0.39, 0.29) is 0 Å². The molecule has 0 atom stereocenters. The Hall–Kier alpha value is -0.450. The van der Waals surface area contributed by atoms with Crippen LogP contribution in [0.3, 0.4) is 0 Å². The van der Waals surface area contributed by atoms with Crippen LogP contribution in [0.1, 0.15) is 17.8 Å². The third-order valence-electron chi connectivity index (χ3n) is 2.80. The van der Waals surface area contributed by atoms with Gasteiger partial charge in [-0.1, -0.05) is 15.9 Å². The Morgan fingerprint density at radius 2 is 2.31 bits per heavy atom. The lowest BCUT2D eigenvalue weighted by Gasteiger charge is -1.98. The fraction of sp³-hybridized carbons (Fsp3) is 0.417. The molecular weight excluding hydrogens is 284 g/mol. The highest BCUT2D eigenvalue weighted by atomic mass is 79.9. The molecule has 16 heavy (non-hydrogen) atoms. The van der Waals surface area contributed by atoms with E-state index in [0.29, 0.717) is 0 Å². The van der Waals surface area contributed by atoms with Gasteiger partial charge >= 0.3 is 0 Å². The predicted octanol–water partition coefficient (Wildman–Crippen LogP) is 3.56. The highest BCUT2D eigenvalue weighted by molar-refractivity contribution is 9.10. The molecule has 0 spiro atoms. The topological polar surface area (TPSA) is 24.9 Å². The van der Waals surface area contributed by atoms with E-state index in [2.05, 4.69) is 44.4 Å². The lowest BCUT2D eigenvalue weighted by molar-refractivity contribution is 0.637. The van der Waals surface area contributed by atoms with Crippen molar-refractivity contribution < 1.29 is 0 Å². The van der Waals surface area contributed by atoms with E-state index in [1.807, 2.05) is 0 Å². The number of nitrogens with one attached hydrogen (secondary N) is 1. The summed E-state index contributed by atoms with van der Waals surface area (Å²) in [6.07, 6.45) is 2.81. The molecule has 3 rings (SSSR count). The third kappa shape index (κ3) is 2.44. The van der Waals surface area contributed by atoms with Crippen molar-refractivity contribution in [1.29, 1.82) is 0 Å². The van der Waals surface area contributed by atoms with E-state index < -0.39 is 0 Å². The SMILES string of the molecule is Brc1ccc2sc(CNCC3CC3)nc2c1. The smallest absolute Gasteiger partial charge is 0.108 e. The number of thiazole rings is 1. The third-order valence-corrected chi connectivity index (χ3v) is 4.33. The molecule has 0 radical (unpaired) electrons. The van der Waals surface area contributed by atoms with Crippen molar-refractivity contribution in [1.82, 2.24) is 10.3 Å². The summed E-state index contributed by atoms with van der Waals surface area (Å²) in [5.74, 6) is 0.934. The second kappa shape index (κ2) is 4.43. The summed E-state index contributed by atoms with van der Waals surface area (Å²) in [4.78, 5) is 4.62. The van der Waals surface area contributed by atoms with Gasteiger partial charge in [0.25, 0.3) is 0 Å². The molecule has 0 bridgehead atoms. The number of halogens is 1. The highest BCUT2D eigenvalue weighted by Crippen LogP contribution is 2.28. The second-order valence-corrected chi connectivity index (χ2v) is 6.32. The average molecular weight is 297 g/mol. The van der Waals surface area contributed by atoms with Gasteiger partial charge in [-0.25, -0.2) is 4.98 Å². The minimum atomic E-state index is 0.910. The molecule has 0 saturated heterocycles. The second-order valence-electron chi connectivity index (χ2n) is 4.29. The summed E-state index contributed by atoms with van der Waals surface area (Å²) in [6, 6.07) is 6.28. The highest BCUT2D eigenvalue weighted by Gasteiger charge is 2.20. The first-order valence-electron chi connectivity index (χ1n) is 5.57. The number of fused-ring (bicyclic) bond motifs is 1. The first-order chi connectivity index (χ1) is 7.81. The van der Waals surface area contributed by atoms with Gasteiger partial charge in [0, 0.05) is 11.0 Å². The number of nitrogens with zero attached hydrogens (tertiary/aromatic N) is 1. The predicted molar refractivity (Wildman–Crippen MR) is 71.8 cm³/mol. The fourth-order valence-electron chi connectivity index (χ4n) is 1.73. The van der Waals surface area contributed by atoms with E-state index in [4.69, 9.17) is 0 Å². The van der Waals surface area contributed by atoms with E-state index in [9.17, 15) is 0 Å². The van der Waals surface area contributed by atoms with Crippen LogP contribution in [-0.4, -0.2) is 11.5 Å². The van der Waals surface area contributed by atoms with E-state index >= 15 is 0 Å². The molecule has 1 aromatic heterocycles. The molecule has 84 valence electrons. The molecule has 4 heteroatoms. The van der Waals surface area contributed by atoms with Crippen LogP contribution in [0.15, 0.2) is 22.7 Å². The fourth-order valence-corrected chi connectivity index (χ4v) is 3.00. The van der Waals surface area contributed by atoms with Gasteiger partial charge in [-0.2, -0.15) is 0 Å². The quantitative estimate of drug-likeness (QED) is 0.933. The van der Waals surface area contributed by atoms with Gasteiger partial charge in [0.2, 0.25) is 0 Å². The van der Waals surface area contributed by atoms with Crippen molar-refractivity contribution in [2.45, 2.75) is 19.4 Å². The lowest BCUT2D eigenvalue weighted by Crippen LogP contribution is -2.15. The zero-order chi connectivity index (χ0) is 11.0. The van der Waals surface area contributed by atoms with Crippen molar-refractivity contribution in [2.24, 2.45) is 5.92 Å². The van der Waals surface area contributed by atoms with Crippen LogP contribution in [0.5, 0.6) is 0 Å². The zero-order valence-electron chi connectivity index (χ0n) is 8.87. The van der Waals surface area contributed by atoms with Crippen molar-refractivity contribution in [3.8, 4) is 0 Å². The molecule has 0 unspecified atom stereocenters. The van der Waals surface area contributed by atoms with Gasteiger partial charge < -0.3 is 5.32 Å². The molecular formula is C12H13BrN2S. The van der Waals surface area contributed by atoms with Gasteiger partial charge in [-0.15, -0.1) is 11.3 Å². The minimum Gasteiger partial charge on any atom is -0.310 e. The molecule has 0 aliphatic heterocycles. The van der Waals surface area contributed by atoms with Crippen molar-refractivity contribution in [3.63, 3.8) is 0 Å². The van der Waals surface area contributed by atoms with Gasteiger partial charge in [-0.05, 0) is 43.5 Å². The summed E-state index contributed by atoms with van der Waals surface area (Å²) in [7, 11) is 0. The zero-order valence-corrected chi connectivity index (χ0v) is 11.3. The first-order valence-corrected chi connectivity index (χ1v) is 7.18. The van der Waals surface area contributed by atoms with Crippen LogP contribution in [0.25, 0.3) is 10.2 Å². The largest absolute Gasteiger partial charge is 0.310 e. The minimum absolute atomic E-state index is 0.910. The molecule has 1 saturated carbocycles. The number of hydrogen-bond donors (Lipinski definition) is 1. The van der Waals surface area contributed by atoms with E-state index in [1.54, 1.807) is 11.3 Å². The monoisotopic (exact) mass is 296 g/mol. The van der Waals surface area contributed by atoms with E-state index in [1.165, 1.54) is 22.5 Å². The van der Waals surface area contributed by atoms with Crippen LogP contribution >= 0.6 is 27.3 Å². The molecule has 1 aromatic carbocycles. The maximum Gasteiger partial charge on any atom is 0.108 e. The lowest BCUT2D eigenvalue weighted by atomic mass is 10.3. The van der Waals surface area contributed by atoms with Crippen LogP contribution in [0.2, 0.25) is 0 Å².